The quantitative estimate of drug-likeness (QED) is 0.336. The van der Waals surface area contributed by atoms with Crippen molar-refractivity contribution in [3.8, 4) is 0 Å². The molecule has 1 N–H and O–H groups in total. The van der Waals surface area contributed by atoms with Crippen LogP contribution in [0.4, 0.5) is 5.69 Å². The van der Waals surface area contributed by atoms with Gasteiger partial charge in [-0.2, -0.15) is 0 Å². The third-order valence-corrected chi connectivity index (χ3v) is 8.93. The molecule has 1 unspecified atom stereocenters. The van der Waals surface area contributed by atoms with Gasteiger partial charge in [0.25, 0.3) is 10.0 Å². The maximum absolute atomic E-state index is 14.2. The van der Waals surface area contributed by atoms with Gasteiger partial charge in [-0.3, -0.25) is 13.9 Å². The number of aryl methyl sites for hydroxylation is 3. The van der Waals surface area contributed by atoms with Gasteiger partial charge >= 0.3 is 0 Å². The second-order valence-electron chi connectivity index (χ2n) is 10.6. The predicted octanol–water partition coefficient (Wildman–Crippen LogP) is 5.45. The molecule has 0 saturated heterocycles. The van der Waals surface area contributed by atoms with Crippen LogP contribution >= 0.6 is 0 Å². The van der Waals surface area contributed by atoms with Gasteiger partial charge in [0, 0.05) is 12.6 Å². The summed E-state index contributed by atoms with van der Waals surface area (Å²) in [5.41, 5.74) is 4.92. The van der Waals surface area contributed by atoms with Crippen LogP contribution in [0.15, 0.2) is 71.6 Å². The summed E-state index contributed by atoms with van der Waals surface area (Å²) in [6.45, 7) is 12.9. The van der Waals surface area contributed by atoms with Gasteiger partial charge in [0.1, 0.15) is 12.6 Å². The molecule has 0 fully saturated rings. The zero-order chi connectivity index (χ0) is 29.6. The summed E-state index contributed by atoms with van der Waals surface area (Å²) < 4.78 is 29.3. The van der Waals surface area contributed by atoms with Crippen LogP contribution in [-0.4, -0.2) is 43.8 Å². The molecule has 0 aromatic heterocycles. The highest BCUT2D eigenvalue weighted by Gasteiger charge is 2.34. The molecule has 3 aromatic carbocycles. The predicted molar refractivity (Wildman–Crippen MR) is 161 cm³/mol. The fourth-order valence-electron chi connectivity index (χ4n) is 4.63. The number of carbonyl (C=O) groups is 2. The molecular weight excluding hydrogens is 522 g/mol. The lowest BCUT2D eigenvalue weighted by atomic mass is 10.1. The van der Waals surface area contributed by atoms with Crippen molar-refractivity contribution < 1.29 is 18.0 Å². The highest BCUT2D eigenvalue weighted by atomic mass is 32.2. The lowest BCUT2D eigenvalue weighted by molar-refractivity contribution is -0.140. The van der Waals surface area contributed by atoms with Crippen LogP contribution in [0.5, 0.6) is 0 Å². The first-order valence-electron chi connectivity index (χ1n) is 13.7. The fourth-order valence-corrected chi connectivity index (χ4v) is 6.10. The number of benzene rings is 3. The number of anilines is 1. The Balaban J connectivity index is 2.12. The Morgan fingerprint density at radius 3 is 2.08 bits per heavy atom. The molecule has 214 valence electrons. The maximum Gasteiger partial charge on any atom is 0.264 e. The smallest absolute Gasteiger partial charge is 0.264 e. The number of nitrogens with zero attached hydrogens (tertiary/aromatic N) is 2. The van der Waals surface area contributed by atoms with Crippen molar-refractivity contribution >= 4 is 27.5 Å². The first-order valence-corrected chi connectivity index (χ1v) is 15.1. The van der Waals surface area contributed by atoms with E-state index < -0.39 is 28.5 Å². The van der Waals surface area contributed by atoms with E-state index in [1.54, 1.807) is 36.4 Å². The fraction of sp³-hybridized carbons (Fsp3) is 0.375. The van der Waals surface area contributed by atoms with Gasteiger partial charge in [0.15, 0.2) is 0 Å². The highest BCUT2D eigenvalue weighted by Crippen LogP contribution is 2.29. The van der Waals surface area contributed by atoms with Gasteiger partial charge in [-0.15, -0.1) is 0 Å². The zero-order valence-electron chi connectivity index (χ0n) is 24.6. The molecule has 3 aromatic rings. The van der Waals surface area contributed by atoms with Gasteiger partial charge in [0.05, 0.1) is 10.6 Å². The molecule has 2 amide bonds. The minimum atomic E-state index is -4.11. The van der Waals surface area contributed by atoms with Gasteiger partial charge in [-0.25, -0.2) is 8.42 Å². The average Bonchev–Trinajstić information content (AvgIpc) is 2.89. The molecule has 0 bridgehead atoms. The number of amides is 2. The van der Waals surface area contributed by atoms with Crippen LogP contribution < -0.4 is 9.62 Å². The van der Waals surface area contributed by atoms with Crippen LogP contribution in [0.1, 0.15) is 55.0 Å². The molecule has 0 heterocycles. The Hall–Kier alpha value is -3.65. The van der Waals surface area contributed by atoms with Gasteiger partial charge in [-0.1, -0.05) is 61.0 Å². The molecule has 0 spiro atoms. The Kier molecular flexibility index (Phi) is 10.1. The number of hydrogen-bond donors (Lipinski definition) is 1. The molecule has 3 rings (SSSR count). The first-order chi connectivity index (χ1) is 18.9. The number of nitrogens with one attached hydrogen (secondary N) is 1. The molecular formula is C32H41N3O4S. The van der Waals surface area contributed by atoms with Gasteiger partial charge in [0.2, 0.25) is 11.8 Å². The van der Waals surface area contributed by atoms with Crippen molar-refractivity contribution in [1.29, 1.82) is 0 Å². The monoisotopic (exact) mass is 563 g/mol. The van der Waals surface area contributed by atoms with E-state index in [2.05, 4.69) is 5.32 Å². The summed E-state index contributed by atoms with van der Waals surface area (Å²) >= 11 is 0. The van der Waals surface area contributed by atoms with E-state index in [9.17, 15) is 18.0 Å². The Labute approximate surface area is 239 Å². The zero-order valence-corrected chi connectivity index (χ0v) is 25.4. The summed E-state index contributed by atoms with van der Waals surface area (Å²) in [5, 5.41) is 2.93. The van der Waals surface area contributed by atoms with Crippen molar-refractivity contribution in [3.63, 3.8) is 0 Å². The summed E-state index contributed by atoms with van der Waals surface area (Å²) in [6, 6.07) is 18.8. The Bertz CT molecular complexity index is 1450. The van der Waals surface area contributed by atoms with E-state index in [0.29, 0.717) is 12.1 Å². The van der Waals surface area contributed by atoms with E-state index in [1.807, 2.05) is 78.8 Å². The van der Waals surface area contributed by atoms with E-state index in [0.717, 1.165) is 27.8 Å². The van der Waals surface area contributed by atoms with Crippen molar-refractivity contribution in [2.24, 2.45) is 0 Å². The van der Waals surface area contributed by atoms with Gasteiger partial charge in [-0.05, 0) is 88.4 Å². The summed E-state index contributed by atoms with van der Waals surface area (Å²) in [6.07, 6.45) is 0.379. The van der Waals surface area contributed by atoms with Crippen LogP contribution in [-0.2, 0) is 26.2 Å². The number of carbonyl (C=O) groups excluding carboxylic acids is 2. The normalized spacial score (nSPS) is 12.2. The Morgan fingerprint density at radius 2 is 1.48 bits per heavy atom. The lowest BCUT2D eigenvalue weighted by Gasteiger charge is -2.34. The number of rotatable bonds is 11. The molecule has 0 radical (unpaired) electrons. The van der Waals surface area contributed by atoms with Crippen molar-refractivity contribution in [2.75, 3.05) is 10.8 Å². The van der Waals surface area contributed by atoms with Crippen molar-refractivity contribution in [1.82, 2.24) is 10.2 Å². The number of sulfonamides is 1. The minimum absolute atomic E-state index is 0.0989. The molecule has 0 saturated carbocycles. The highest BCUT2D eigenvalue weighted by molar-refractivity contribution is 7.92. The van der Waals surface area contributed by atoms with E-state index >= 15 is 0 Å². The van der Waals surface area contributed by atoms with Crippen molar-refractivity contribution in [3.05, 3.63) is 94.5 Å². The van der Waals surface area contributed by atoms with Gasteiger partial charge < -0.3 is 10.2 Å². The molecule has 0 aliphatic carbocycles. The van der Waals surface area contributed by atoms with E-state index in [1.165, 1.54) is 9.21 Å². The second-order valence-corrected chi connectivity index (χ2v) is 12.4. The second kappa shape index (κ2) is 13.1. The van der Waals surface area contributed by atoms with Crippen molar-refractivity contribution in [2.45, 2.75) is 78.4 Å². The molecule has 7 nitrogen and oxygen atoms in total. The standard InChI is InChI=1S/C32H41N3O4S/c1-8-29(32(37)33-22(2)3)34(20-27-14-10-9-12-25(27)6)31(36)21-35(30-15-11-13-24(5)26(30)7)40(38,39)28-18-16-23(4)17-19-28/h9-19,22,29H,8,20-21H2,1-7H3,(H,33,37). The minimum Gasteiger partial charge on any atom is -0.352 e. The third kappa shape index (κ3) is 7.10. The summed E-state index contributed by atoms with van der Waals surface area (Å²) in [4.78, 5) is 29.1. The largest absolute Gasteiger partial charge is 0.352 e. The van der Waals surface area contributed by atoms with E-state index in [-0.39, 0.29) is 23.4 Å². The topological polar surface area (TPSA) is 86.8 Å². The molecule has 0 aliphatic rings. The average molecular weight is 564 g/mol. The molecule has 0 aliphatic heterocycles. The lowest BCUT2D eigenvalue weighted by Crippen LogP contribution is -2.53. The molecule has 40 heavy (non-hydrogen) atoms. The summed E-state index contributed by atoms with van der Waals surface area (Å²) in [7, 11) is -4.11. The van der Waals surface area contributed by atoms with Crippen LogP contribution in [0.25, 0.3) is 0 Å². The summed E-state index contributed by atoms with van der Waals surface area (Å²) in [5.74, 6) is -0.718. The molecule has 8 heteroatoms. The van der Waals surface area contributed by atoms with Crippen LogP contribution in [0.3, 0.4) is 0 Å². The number of hydrogen-bond acceptors (Lipinski definition) is 4. The Morgan fingerprint density at radius 1 is 0.850 bits per heavy atom. The van der Waals surface area contributed by atoms with Crippen LogP contribution in [0, 0.1) is 27.7 Å². The third-order valence-electron chi connectivity index (χ3n) is 7.15. The molecule has 1 atom stereocenters. The van der Waals surface area contributed by atoms with Crippen LogP contribution in [0.2, 0.25) is 0 Å². The maximum atomic E-state index is 14.2. The van der Waals surface area contributed by atoms with E-state index in [4.69, 9.17) is 0 Å². The SMILES string of the molecule is CCC(C(=O)NC(C)C)N(Cc1ccccc1C)C(=O)CN(c1cccc(C)c1C)S(=O)(=O)c1ccc(C)cc1. The first kappa shape index (κ1) is 30.9.